The zero-order valence-electron chi connectivity index (χ0n) is 14.9. The zero-order chi connectivity index (χ0) is 18.4. The third-order valence-electron chi connectivity index (χ3n) is 5.90. The van der Waals surface area contributed by atoms with Crippen LogP contribution in [0.4, 0.5) is 5.13 Å². The third-order valence-corrected chi connectivity index (χ3v) is 6.65. The molecular formula is C20H22N2O3S. The van der Waals surface area contributed by atoms with Gasteiger partial charge in [0.25, 0.3) is 0 Å². The summed E-state index contributed by atoms with van der Waals surface area (Å²) in [4.78, 5) is 28.9. The summed E-state index contributed by atoms with van der Waals surface area (Å²) in [6, 6.07) is 6.20. The molecule has 0 aliphatic heterocycles. The fourth-order valence-corrected chi connectivity index (χ4v) is 5.48. The van der Waals surface area contributed by atoms with E-state index in [4.69, 9.17) is 0 Å². The highest BCUT2D eigenvalue weighted by Crippen LogP contribution is 2.52. The van der Waals surface area contributed by atoms with E-state index >= 15 is 0 Å². The second-order valence-electron chi connectivity index (χ2n) is 7.57. The van der Waals surface area contributed by atoms with Crippen molar-refractivity contribution >= 4 is 28.3 Å². The summed E-state index contributed by atoms with van der Waals surface area (Å²) in [6.07, 6.45) is 2.75. The lowest BCUT2D eigenvalue weighted by molar-refractivity contribution is -0.148. The number of hydrogen-bond acceptors (Lipinski definition) is 4. The molecule has 0 spiro atoms. The first-order valence-electron chi connectivity index (χ1n) is 9.01. The number of carboxylic acid groups (broad SMARTS) is 1. The number of nitrogens with zero attached hydrogens (tertiary/aromatic N) is 1. The van der Waals surface area contributed by atoms with E-state index < -0.39 is 17.8 Å². The van der Waals surface area contributed by atoms with Gasteiger partial charge in [0, 0.05) is 10.9 Å². The molecule has 1 aromatic heterocycles. The number of carbonyl (C=O) groups is 2. The Balaban J connectivity index is 1.52. The van der Waals surface area contributed by atoms with E-state index in [0.29, 0.717) is 5.13 Å². The van der Waals surface area contributed by atoms with E-state index in [1.165, 1.54) is 16.9 Å². The minimum atomic E-state index is -0.840. The standard InChI is InChI=1S/C20H22N2O3S/c1-10-3-6-14(11(2)7-10)15-9-26-20(21-15)22-18(23)16-12-4-5-13(8-12)17(16)19(24)25/h3,6-7,9,12-13,16-17H,4-5,8H2,1-2H3,(H,24,25)(H,21,22,23). The molecule has 2 N–H and O–H groups in total. The van der Waals surface area contributed by atoms with Gasteiger partial charge in [-0.2, -0.15) is 0 Å². The van der Waals surface area contributed by atoms with Gasteiger partial charge in [-0.25, -0.2) is 4.98 Å². The summed E-state index contributed by atoms with van der Waals surface area (Å²) in [6.45, 7) is 4.10. The van der Waals surface area contributed by atoms with Gasteiger partial charge in [-0.3, -0.25) is 9.59 Å². The van der Waals surface area contributed by atoms with Crippen LogP contribution in [0.25, 0.3) is 11.3 Å². The van der Waals surface area contributed by atoms with E-state index in [1.54, 1.807) is 0 Å². The molecule has 4 unspecified atom stereocenters. The fraction of sp³-hybridized carbons (Fsp3) is 0.450. The minimum Gasteiger partial charge on any atom is -0.481 e. The van der Waals surface area contributed by atoms with Crippen LogP contribution in [0.5, 0.6) is 0 Å². The molecule has 1 heterocycles. The molecule has 4 rings (SSSR count). The average molecular weight is 370 g/mol. The Morgan fingerprint density at radius 2 is 1.92 bits per heavy atom. The number of nitrogens with one attached hydrogen (secondary N) is 1. The van der Waals surface area contributed by atoms with Gasteiger partial charge < -0.3 is 10.4 Å². The molecule has 2 saturated carbocycles. The van der Waals surface area contributed by atoms with E-state index in [-0.39, 0.29) is 17.7 Å². The average Bonchev–Trinajstić information content (AvgIpc) is 3.29. The maximum atomic E-state index is 12.8. The van der Waals surface area contributed by atoms with Crippen molar-refractivity contribution in [3.8, 4) is 11.3 Å². The van der Waals surface area contributed by atoms with E-state index in [9.17, 15) is 14.7 Å². The summed E-state index contributed by atoms with van der Waals surface area (Å²) >= 11 is 1.38. The van der Waals surface area contributed by atoms with Crippen molar-refractivity contribution in [3.05, 3.63) is 34.7 Å². The van der Waals surface area contributed by atoms with Gasteiger partial charge in [-0.05, 0) is 50.5 Å². The molecular weight excluding hydrogens is 348 g/mol. The van der Waals surface area contributed by atoms with E-state index in [0.717, 1.165) is 36.1 Å². The second-order valence-corrected chi connectivity index (χ2v) is 8.43. The highest BCUT2D eigenvalue weighted by molar-refractivity contribution is 7.14. The van der Waals surface area contributed by atoms with Gasteiger partial charge in [0.05, 0.1) is 17.5 Å². The SMILES string of the molecule is Cc1ccc(-c2csc(NC(=O)C3C4CCC(C4)C3C(=O)O)n2)c(C)c1. The van der Waals surface area contributed by atoms with Gasteiger partial charge in [0.15, 0.2) is 5.13 Å². The van der Waals surface area contributed by atoms with Gasteiger partial charge in [-0.15, -0.1) is 11.3 Å². The van der Waals surface area contributed by atoms with Crippen molar-refractivity contribution in [1.29, 1.82) is 0 Å². The summed E-state index contributed by atoms with van der Waals surface area (Å²) in [5.41, 5.74) is 4.24. The lowest BCUT2D eigenvalue weighted by Crippen LogP contribution is -2.37. The molecule has 5 nitrogen and oxygen atoms in total. The van der Waals surface area contributed by atoms with Crippen molar-refractivity contribution in [2.45, 2.75) is 33.1 Å². The van der Waals surface area contributed by atoms with Gasteiger partial charge in [0.2, 0.25) is 5.91 Å². The topological polar surface area (TPSA) is 79.3 Å². The summed E-state index contributed by atoms with van der Waals surface area (Å²) in [5.74, 6) is -1.67. The smallest absolute Gasteiger partial charge is 0.307 e. The highest BCUT2D eigenvalue weighted by atomic mass is 32.1. The number of aromatic nitrogens is 1. The van der Waals surface area contributed by atoms with Crippen molar-refractivity contribution in [3.63, 3.8) is 0 Å². The lowest BCUT2D eigenvalue weighted by Gasteiger charge is -2.26. The van der Waals surface area contributed by atoms with Crippen LogP contribution in [0, 0.1) is 37.5 Å². The van der Waals surface area contributed by atoms with Crippen molar-refractivity contribution in [1.82, 2.24) is 4.98 Å². The van der Waals surface area contributed by atoms with Crippen LogP contribution in [-0.4, -0.2) is 22.0 Å². The van der Waals surface area contributed by atoms with Crippen LogP contribution in [0.2, 0.25) is 0 Å². The normalized spacial score (nSPS) is 26.8. The number of carbonyl (C=O) groups excluding carboxylic acids is 1. The molecule has 1 aromatic carbocycles. The van der Waals surface area contributed by atoms with Gasteiger partial charge >= 0.3 is 5.97 Å². The largest absolute Gasteiger partial charge is 0.481 e. The van der Waals surface area contributed by atoms with Crippen molar-refractivity contribution in [2.24, 2.45) is 23.7 Å². The van der Waals surface area contributed by atoms with Crippen molar-refractivity contribution < 1.29 is 14.7 Å². The van der Waals surface area contributed by atoms with Crippen molar-refractivity contribution in [2.75, 3.05) is 5.32 Å². The number of aliphatic carboxylic acids is 1. The Hall–Kier alpha value is -2.21. The second kappa shape index (κ2) is 6.50. The van der Waals surface area contributed by atoms with Crippen LogP contribution >= 0.6 is 11.3 Å². The first-order chi connectivity index (χ1) is 12.4. The quantitative estimate of drug-likeness (QED) is 0.849. The minimum absolute atomic E-state index is 0.148. The Morgan fingerprint density at radius 1 is 1.19 bits per heavy atom. The molecule has 2 aliphatic rings. The number of carboxylic acids is 1. The highest BCUT2D eigenvalue weighted by Gasteiger charge is 2.54. The zero-order valence-corrected chi connectivity index (χ0v) is 15.7. The molecule has 1 amide bonds. The van der Waals surface area contributed by atoms with E-state index in [1.807, 2.05) is 24.4 Å². The predicted octanol–water partition coefficient (Wildman–Crippen LogP) is 4.11. The number of fused-ring (bicyclic) bond motifs is 2. The maximum Gasteiger partial charge on any atom is 0.307 e. The van der Waals surface area contributed by atoms with Crippen LogP contribution in [0.15, 0.2) is 23.6 Å². The number of hydrogen-bond donors (Lipinski definition) is 2. The number of amides is 1. The number of benzene rings is 1. The molecule has 6 heteroatoms. The number of thiazole rings is 1. The van der Waals surface area contributed by atoms with Gasteiger partial charge in [-0.1, -0.05) is 23.8 Å². The fourth-order valence-electron chi connectivity index (χ4n) is 4.77. The number of rotatable bonds is 4. The Kier molecular flexibility index (Phi) is 4.31. The molecule has 2 aromatic rings. The molecule has 4 atom stereocenters. The van der Waals surface area contributed by atoms with Gasteiger partial charge in [0.1, 0.15) is 0 Å². The summed E-state index contributed by atoms with van der Waals surface area (Å²) in [5, 5.41) is 14.9. The molecule has 26 heavy (non-hydrogen) atoms. The number of anilines is 1. The third kappa shape index (κ3) is 2.92. The molecule has 0 radical (unpaired) electrons. The summed E-state index contributed by atoms with van der Waals surface area (Å²) in [7, 11) is 0. The Labute approximate surface area is 156 Å². The first-order valence-corrected chi connectivity index (χ1v) is 9.89. The van der Waals surface area contributed by atoms with Crippen LogP contribution in [0.3, 0.4) is 0 Å². The number of aryl methyl sites for hydroxylation is 2. The molecule has 2 fully saturated rings. The maximum absolute atomic E-state index is 12.8. The summed E-state index contributed by atoms with van der Waals surface area (Å²) < 4.78 is 0. The van der Waals surface area contributed by atoms with Crippen LogP contribution in [-0.2, 0) is 9.59 Å². The Morgan fingerprint density at radius 3 is 2.62 bits per heavy atom. The lowest BCUT2D eigenvalue weighted by atomic mass is 9.79. The predicted molar refractivity (Wildman–Crippen MR) is 101 cm³/mol. The molecule has 2 aliphatic carbocycles. The van der Waals surface area contributed by atoms with Crippen LogP contribution < -0.4 is 5.32 Å². The molecule has 0 saturated heterocycles. The monoisotopic (exact) mass is 370 g/mol. The molecule has 136 valence electrons. The van der Waals surface area contributed by atoms with Crippen LogP contribution in [0.1, 0.15) is 30.4 Å². The molecule has 2 bridgehead atoms. The van der Waals surface area contributed by atoms with E-state index in [2.05, 4.69) is 23.3 Å². The first kappa shape index (κ1) is 17.2. The Bertz CT molecular complexity index is 876.